The SMILES string of the molecule is O=C1CN(C2=NC(=O)C(=Cc3ccc4c(cnn4Cc4ccc(Cl)cc4C(F)(F)F)c3)S2)CCN1. The van der Waals surface area contributed by atoms with Gasteiger partial charge in [0.05, 0.1) is 35.3 Å². The molecule has 5 rings (SSSR count). The predicted octanol–water partition coefficient (Wildman–Crippen LogP) is 4.16. The van der Waals surface area contributed by atoms with Gasteiger partial charge in [-0.2, -0.15) is 23.3 Å². The third kappa shape index (κ3) is 4.92. The van der Waals surface area contributed by atoms with Gasteiger partial charge in [-0.1, -0.05) is 23.7 Å². The Morgan fingerprint density at radius 2 is 2.00 bits per heavy atom. The number of nitrogens with one attached hydrogen (secondary N) is 1. The molecule has 3 heterocycles. The minimum Gasteiger partial charge on any atom is -0.353 e. The Labute approximate surface area is 206 Å². The van der Waals surface area contributed by atoms with Crippen LogP contribution in [0.15, 0.2) is 52.5 Å². The number of aliphatic imine (C=N–C) groups is 1. The van der Waals surface area contributed by atoms with E-state index in [-0.39, 0.29) is 35.5 Å². The van der Waals surface area contributed by atoms with Crippen molar-refractivity contribution in [1.29, 1.82) is 0 Å². The zero-order valence-corrected chi connectivity index (χ0v) is 19.5. The largest absolute Gasteiger partial charge is 0.416 e. The fourth-order valence-corrected chi connectivity index (χ4v) is 5.03. The Kier molecular flexibility index (Phi) is 6.06. The average molecular weight is 520 g/mol. The molecule has 1 saturated heterocycles. The number of hydrogen-bond donors (Lipinski definition) is 1. The van der Waals surface area contributed by atoms with E-state index >= 15 is 0 Å². The van der Waals surface area contributed by atoms with Gasteiger partial charge in [-0.3, -0.25) is 14.3 Å². The Morgan fingerprint density at radius 3 is 2.77 bits per heavy atom. The molecule has 0 unspecified atom stereocenters. The third-order valence-electron chi connectivity index (χ3n) is 5.58. The molecule has 0 radical (unpaired) electrons. The molecule has 0 spiro atoms. The van der Waals surface area contributed by atoms with Crippen LogP contribution in [0, 0.1) is 0 Å². The molecule has 1 N–H and O–H groups in total. The van der Waals surface area contributed by atoms with Crippen LogP contribution < -0.4 is 5.32 Å². The highest BCUT2D eigenvalue weighted by Gasteiger charge is 2.34. The van der Waals surface area contributed by atoms with E-state index in [4.69, 9.17) is 11.6 Å². The molecule has 1 aromatic heterocycles. The smallest absolute Gasteiger partial charge is 0.353 e. The molecule has 180 valence electrons. The molecule has 0 aliphatic carbocycles. The number of amides is 2. The summed E-state index contributed by atoms with van der Waals surface area (Å²) in [6, 6.07) is 9.00. The Bertz CT molecular complexity index is 1420. The minimum absolute atomic E-state index is 0.0131. The molecule has 12 heteroatoms. The number of thioether (sulfide) groups is 1. The van der Waals surface area contributed by atoms with Gasteiger partial charge in [0.2, 0.25) is 5.91 Å². The summed E-state index contributed by atoms with van der Waals surface area (Å²) in [6.07, 6.45) is -1.27. The van der Waals surface area contributed by atoms with Crippen molar-refractivity contribution in [2.45, 2.75) is 12.7 Å². The van der Waals surface area contributed by atoms with E-state index < -0.39 is 11.7 Å². The lowest BCUT2D eigenvalue weighted by atomic mass is 10.1. The van der Waals surface area contributed by atoms with Gasteiger partial charge in [-0.05, 0) is 53.2 Å². The molecular weight excluding hydrogens is 503 g/mol. The fourth-order valence-electron chi connectivity index (χ4n) is 3.92. The summed E-state index contributed by atoms with van der Waals surface area (Å²) < 4.78 is 41.9. The number of piperazine rings is 1. The number of amidine groups is 1. The lowest BCUT2D eigenvalue weighted by Crippen LogP contribution is -2.49. The molecule has 3 aromatic rings. The summed E-state index contributed by atoms with van der Waals surface area (Å²) in [4.78, 5) is 30.3. The van der Waals surface area contributed by atoms with Crippen LogP contribution >= 0.6 is 23.4 Å². The van der Waals surface area contributed by atoms with E-state index in [0.29, 0.717) is 34.1 Å². The van der Waals surface area contributed by atoms with Gasteiger partial charge in [0.15, 0.2) is 5.17 Å². The number of aromatic nitrogens is 2. The van der Waals surface area contributed by atoms with Crippen molar-refractivity contribution < 1.29 is 22.8 Å². The van der Waals surface area contributed by atoms with Crippen LogP contribution in [0.1, 0.15) is 16.7 Å². The summed E-state index contributed by atoms with van der Waals surface area (Å²) in [5.41, 5.74) is 0.635. The number of benzene rings is 2. The second kappa shape index (κ2) is 9.04. The van der Waals surface area contributed by atoms with Gasteiger partial charge in [-0.25, -0.2) is 0 Å². The van der Waals surface area contributed by atoms with Crippen molar-refractivity contribution in [2.75, 3.05) is 19.6 Å². The van der Waals surface area contributed by atoms with Gasteiger partial charge in [0.1, 0.15) is 0 Å². The molecule has 1 fully saturated rings. The van der Waals surface area contributed by atoms with E-state index in [9.17, 15) is 22.8 Å². The predicted molar refractivity (Wildman–Crippen MR) is 128 cm³/mol. The van der Waals surface area contributed by atoms with Crippen LogP contribution in [0.3, 0.4) is 0 Å². The average Bonchev–Trinajstić information content (AvgIpc) is 3.37. The number of carbonyl (C=O) groups is 2. The van der Waals surface area contributed by atoms with Crippen molar-refractivity contribution in [2.24, 2.45) is 4.99 Å². The highest BCUT2D eigenvalue weighted by molar-refractivity contribution is 8.18. The standard InChI is InChI=1S/C23H17ClF3N5O2S/c24-16-3-2-14(17(9-16)23(25,26)27)11-32-18-4-1-13(7-15(18)10-29-32)8-19-21(34)30-22(35-19)31-6-5-28-20(33)12-31/h1-4,7-10H,5-6,11-12H2,(H,28,33). The molecule has 35 heavy (non-hydrogen) atoms. The van der Waals surface area contributed by atoms with E-state index in [2.05, 4.69) is 15.4 Å². The Morgan fingerprint density at radius 1 is 1.17 bits per heavy atom. The van der Waals surface area contributed by atoms with Gasteiger partial charge < -0.3 is 10.2 Å². The third-order valence-corrected chi connectivity index (χ3v) is 6.86. The molecule has 0 bridgehead atoms. The zero-order chi connectivity index (χ0) is 24.7. The lowest BCUT2D eigenvalue weighted by molar-refractivity contribution is -0.138. The van der Waals surface area contributed by atoms with Crippen molar-refractivity contribution in [3.05, 3.63) is 69.2 Å². The van der Waals surface area contributed by atoms with Crippen LogP contribution in [0.4, 0.5) is 13.2 Å². The summed E-state index contributed by atoms with van der Waals surface area (Å²) in [5.74, 6) is -0.498. The maximum Gasteiger partial charge on any atom is 0.416 e. The summed E-state index contributed by atoms with van der Waals surface area (Å²) in [7, 11) is 0. The van der Waals surface area contributed by atoms with Gasteiger partial charge in [-0.15, -0.1) is 0 Å². The van der Waals surface area contributed by atoms with E-state index in [1.54, 1.807) is 35.4 Å². The number of alkyl halides is 3. The summed E-state index contributed by atoms with van der Waals surface area (Å²) in [5, 5.41) is 8.21. The summed E-state index contributed by atoms with van der Waals surface area (Å²) in [6.45, 7) is 1.14. The number of fused-ring (bicyclic) bond motifs is 1. The quantitative estimate of drug-likeness (QED) is 0.526. The first-order valence-corrected chi connectivity index (χ1v) is 11.7. The molecule has 2 amide bonds. The van der Waals surface area contributed by atoms with Crippen LogP contribution in [0.25, 0.3) is 17.0 Å². The highest BCUT2D eigenvalue weighted by atomic mass is 35.5. The van der Waals surface area contributed by atoms with E-state index in [1.165, 1.54) is 28.6 Å². The number of carbonyl (C=O) groups excluding carboxylic acids is 2. The van der Waals surface area contributed by atoms with Crippen LogP contribution in [0.5, 0.6) is 0 Å². The molecule has 2 aromatic carbocycles. The van der Waals surface area contributed by atoms with Gasteiger partial charge >= 0.3 is 6.18 Å². The maximum atomic E-state index is 13.5. The van der Waals surface area contributed by atoms with E-state index in [0.717, 1.165) is 11.6 Å². The molecular formula is C23H17ClF3N5O2S. The van der Waals surface area contributed by atoms with Crippen LogP contribution in [-0.2, 0) is 22.3 Å². The van der Waals surface area contributed by atoms with Gasteiger partial charge in [0, 0.05) is 23.5 Å². The minimum atomic E-state index is -4.53. The summed E-state index contributed by atoms with van der Waals surface area (Å²) >= 11 is 6.98. The van der Waals surface area contributed by atoms with Crippen molar-refractivity contribution >= 4 is 57.3 Å². The zero-order valence-electron chi connectivity index (χ0n) is 18.0. The van der Waals surface area contributed by atoms with Gasteiger partial charge in [0.25, 0.3) is 5.91 Å². The number of rotatable bonds is 3. The molecule has 2 aliphatic rings. The first kappa shape index (κ1) is 23.4. The fraction of sp³-hybridized carbons (Fsp3) is 0.217. The lowest BCUT2D eigenvalue weighted by Gasteiger charge is -2.27. The molecule has 2 aliphatic heterocycles. The van der Waals surface area contributed by atoms with Crippen LogP contribution in [0.2, 0.25) is 5.02 Å². The Balaban J connectivity index is 1.37. The molecule has 0 atom stereocenters. The molecule has 7 nitrogen and oxygen atoms in total. The Hall–Kier alpha value is -3.31. The first-order chi connectivity index (χ1) is 16.7. The second-order valence-corrected chi connectivity index (χ2v) is 9.45. The maximum absolute atomic E-state index is 13.5. The number of halogens is 4. The molecule has 0 saturated carbocycles. The number of nitrogens with zero attached hydrogens (tertiary/aromatic N) is 4. The first-order valence-electron chi connectivity index (χ1n) is 10.5. The van der Waals surface area contributed by atoms with E-state index in [1.807, 2.05) is 0 Å². The highest BCUT2D eigenvalue weighted by Crippen LogP contribution is 2.35. The van der Waals surface area contributed by atoms with Crippen molar-refractivity contribution in [1.82, 2.24) is 20.0 Å². The monoisotopic (exact) mass is 519 g/mol. The van der Waals surface area contributed by atoms with Crippen molar-refractivity contribution in [3.8, 4) is 0 Å². The van der Waals surface area contributed by atoms with Crippen molar-refractivity contribution in [3.63, 3.8) is 0 Å². The topological polar surface area (TPSA) is 79.6 Å². The normalized spacial score (nSPS) is 17.9. The second-order valence-electron chi connectivity index (χ2n) is 8.00. The van der Waals surface area contributed by atoms with Crippen LogP contribution in [-0.4, -0.2) is 51.3 Å². The number of hydrogen-bond acceptors (Lipinski definition) is 5.